The zero-order chi connectivity index (χ0) is 21.9. The van der Waals surface area contributed by atoms with E-state index in [0.717, 1.165) is 17.6 Å². The van der Waals surface area contributed by atoms with Crippen LogP contribution in [0.25, 0.3) is 10.2 Å². The number of benzene rings is 2. The third-order valence-corrected chi connectivity index (χ3v) is 7.80. The van der Waals surface area contributed by atoms with Gasteiger partial charge in [0.15, 0.2) is 24.5 Å². The van der Waals surface area contributed by atoms with Gasteiger partial charge in [0.25, 0.3) is 5.91 Å². The number of thiazole rings is 1. The van der Waals surface area contributed by atoms with Gasteiger partial charge in [0.1, 0.15) is 5.75 Å². The van der Waals surface area contributed by atoms with Crippen molar-refractivity contribution in [1.29, 1.82) is 0 Å². The highest BCUT2D eigenvalue weighted by Crippen LogP contribution is 2.22. The predicted octanol–water partition coefficient (Wildman–Crippen LogP) is 2.33. The van der Waals surface area contributed by atoms with Crippen LogP contribution < -0.4 is 4.80 Å². The first-order valence-corrected chi connectivity index (χ1v) is 13.4. The summed E-state index contributed by atoms with van der Waals surface area (Å²) in [4.78, 5) is 16.8. The topological polar surface area (TPSA) is 103 Å². The van der Waals surface area contributed by atoms with E-state index in [9.17, 15) is 21.6 Å². The van der Waals surface area contributed by atoms with E-state index in [1.54, 1.807) is 47.0 Å². The fourth-order valence-electron chi connectivity index (χ4n) is 2.88. The first-order chi connectivity index (χ1) is 14.1. The van der Waals surface area contributed by atoms with Gasteiger partial charge in [-0.3, -0.25) is 4.79 Å². The van der Waals surface area contributed by atoms with Gasteiger partial charge in [-0.1, -0.05) is 47.7 Å². The quantitative estimate of drug-likeness (QED) is 0.500. The van der Waals surface area contributed by atoms with Crippen LogP contribution in [0.5, 0.6) is 0 Å². The van der Waals surface area contributed by atoms with Crippen LogP contribution in [0.2, 0.25) is 0 Å². The molecule has 0 bridgehead atoms. The van der Waals surface area contributed by atoms with E-state index in [4.69, 9.17) is 0 Å². The van der Waals surface area contributed by atoms with Crippen LogP contribution in [-0.4, -0.2) is 39.3 Å². The van der Waals surface area contributed by atoms with E-state index in [0.29, 0.717) is 22.3 Å². The first kappa shape index (κ1) is 22.1. The molecule has 30 heavy (non-hydrogen) atoms. The monoisotopic (exact) mass is 464 g/mol. The second kappa shape index (κ2) is 8.66. The Bertz CT molecular complexity index is 1380. The molecule has 10 heteroatoms. The van der Waals surface area contributed by atoms with E-state index in [-0.39, 0.29) is 15.4 Å². The summed E-state index contributed by atoms with van der Waals surface area (Å²) in [5, 5.41) is 0. The lowest BCUT2D eigenvalue weighted by atomic mass is 10.2. The number of hydrogen-bond donors (Lipinski definition) is 0. The third-order valence-electron chi connectivity index (χ3n) is 4.19. The zero-order valence-electron chi connectivity index (χ0n) is 16.2. The Balaban J connectivity index is 1.96. The van der Waals surface area contributed by atoms with Gasteiger partial charge in [-0.15, -0.1) is 6.58 Å². The molecule has 0 aliphatic heterocycles. The van der Waals surface area contributed by atoms with Crippen molar-refractivity contribution in [2.75, 3.05) is 12.0 Å². The van der Waals surface area contributed by atoms with E-state index in [2.05, 4.69) is 11.6 Å². The molecule has 158 valence electrons. The summed E-state index contributed by atoms with van der Waals surface area (Å²) in [6.45, 7) is 4.03. The molecule has 0 saturated carbocycles. The van der Waals surface area contributed by atoms with Crippen molar-refractivity contribution in [2.45, 2.75) is 17.2 Å². The van der Waals surface area contributed by atoms with Crippen LogP contribution in [0.15, 0.2) is 71.1 Å². The summed E-state index contributed by atoms with van der Waals surface area (Å²) in [6.07, 6.45) is 2.73. The minimum absolute atomic E-state index is 0.158. The first-order valence-electron chi connectivity index (χ1n) is 8.85. The van der Waals surface area contributed by atoms with Gasteiger partial charge in [-0.25, -0.2) is 16.8 Å². The van der Waals surface area contributed by atoms with Crippen molar-refractivity contribution in [1.82, 2.24) is 4.57 Å². The molecule has 0 spiro atoms. The molecule has 0 atom stereocenters. The highest BCUT2D eigenvalue weighted by atomic mass is 32.2. The van der Waals surface area contributed by atoms with Crippen LogP contribution in [0, 0.1) is 0 Å². The molecule has 1 amide bonds. The average molecular weight is 465 g/mol. The average Bonchev–Trinajstić information content (AvgIpc) is 2.97. The van der Waals surface area contributed by atoms with Crippen molar-refractivity contribution >= 4 is 47.1 Å². The lowest BCUT2D eigenvalue weighted by Crippen LogP contribution is -2.21. The van der Waals surface area contributed by atoms with Gasteiger partial charge >= 0.3 is 0 Å². The molecule has 3 rings (SSSR count). The minimum Gasteiger partial charge on any atom is -0.313 e. The number of nitrogens with zero attached hydrogens (tertiary/aromatic N) is 2. The molecule has 0 fully saturated rings. The zero-order valence-corrected chi connectivity index (χ0v) is 18.6. The van der Waals surface area contributed by atoms with Crippen molar-refractivity contribution in [3.05, 3.63) is 71.6 Å². The van der Waals surface area contributed by atoms with Gasteiger partial charge < -0.3 is 4.57 Å². The number of aromatic nitrogens is 1. The molecule has 2 aromatic carbocycles. The summed E-state index contributed by atoms with van der Waals surface area (Å²) in [5.74, 6) is -1.73. The van der Waals surface area contributed by atoms with E-state index in [1.807, 2.05) is 0 Å². The molecule has 1 heterocycles. The molecule has 0 N–H and O–H groups in total. The van der Waals surface area contributed by atoms with Crippen molar-refractivity contribution in [3.63, 3.8) is 0 Å². The Morgan fingerprint density at radius 1 is 1.13 bits per heavy atom. The van der Waals surface area contributed by atoms with Gasteiger partial charge in [-0.05, 0) is 23.8 Å². The molecule has 0 radical (unpaired) electrons. The summed E-state index contributed by atoms with van der Waals surface area (Å²) in [5.41, 5.74) is 1.29. The maximum absolute atomic E-state index is 12.4. The number of amides is 1. The van der Waals surface area contributed by atoms with E-state index >= 15 is 0 Å². The third kappa shape index (κ3) is 5.32. The van der Waals surface area contributed by atoms with Gasteiger partial charge in [-0.2, -0.15) is 4.99 Å². The lowest BCUT2D eigenvalue weighted by Gasteiger charge is -2.03. The number of allylic oxidation sites excluding steroid dienone is 1. The molecule has 3 aromatic rings. The Labute approximate surface area is 178 Å². The summed E-state index contributed by atoms with van der Waals surface area (Å²) < 4.78 is 50.7. The number of carbonyl (C=O) groups excluding carboxylic acids is 1. The molecule has 0 saturated heterocycles. The predicted molar refractivity (Wildman–Crippen MR) is 118 cm³/mol. The van der Waals surface area contributed by atoms with Crippen LogP contribution in [0.3, 0.4) is 0 Å². The largest absolute Gasteiger partial charge is 0.313 e. The van der Waals surface area contributed by atoms with Gasteiger partial charge in [0.05, 0.1) is 20.9 Å². The van der Waals surface area contributed by atoms with Gasteiger partial charge in [0.2, 0.25) is 0 Å². The van der Waals surface area contributed by atoms with Crippen molar-refractivity contribution in [3.8, 4) is 0 Å². The lowest BCUT2D eigenvalue weighted by molar-refractivity contribution is -0.115. The normalized spacial score (nSPS) is 12.9. The van der Waals surface area contributed by atoms with E-state index in [1.165, 1.54) is 12.1 Å². The SMILES string of the molecule is C=CCn1c(=NC(=O)CS(=O)(=O)Cc2ccccc2)sc2cc(S(C)(=O)=O)ccc21. The Hall–Kier alpha value is -2.56. The molecule has 1 aromatic heterocycles. The number of carbonyl (C=O) groups is 1. The standard InChI is InChI=1S/C20H20N2O5S3/c1-3-11-22-17-10-9-16(29(2,24)25)12-18(17)28-20(22)21-19(23)14-30(26,27)13-15-7-5-4-6-8-15/h3-10,12H,1,11,13-14H2,2H3. The smallest absolute Gasteiger partial charge is 0.263 e. The summed E-state index contributed by atoms with van der Waals surface area (Å²) >= 11 is 1.12. The summed E-state index contributed by atoms with van der Waals surface area (Å²) in [6, 6.07) is 13.3. The van der Waals surface area contributed by atoms with E-state index < -0.39 is 31.3 Å². The van der Waals surface area contributed by atoms with Crippen LogP contribution >= 0.6 is 11.3 Å². The number of fused-ring (bicyclic) bond motifs is 1. The maximum Gasteiger partial charge on any atom is 0.263 e. The second-order valence-corrected chi connectivity index (χ2v) is 11.8. The summed E-state index contributed by atoms with van der Waals surface area (Å²) in [7, 11) is -7.07. The van der Waals surface area contributed by atoms with Crippen molar-refractivity contribution in [2.24, 2.45) is 4.99 Å². The fourth-order valence-corrected chi connectivity index (χ4v) is 5.94. The number of sulfone groups is 2. The Kier molecular flexibility index (Phi) is 6.39. The molecule has 0 aliphatic rings. The number of rotatable bonds is 7. The minimum atomic E-state index is -3.68. The Morgan fingerprint density at radius 3 is 2.47 bits per heavy atom. The number of hydrogen-bond acceptors (Lipinski definition) is 6. The van der Waals surface area contributed by atoms with Crippen LogP contribution in [0.1, 0.15) is 5.56 Å². The van der Waals surface area contributed by atoms with Crippen LogP contribution in [0.4, 0.5) is 0 Å². The van der Waals surface area contributed by atoms with Crippen molar-refractivity contribution < 1.29 is 21.6 Å². The fraction of sp³-hybridized carbons (Fsp3) is 0.200. The highest BCUT2D eigenvalue weighted by molar-refractivity contribution is 7.91. The molecular formula is C20H20N2O5S3. The highest BCUT2D eigenvalue weighted by Gasteiger charge is 2.18. The molecular weight excluding hydrogens is 444 g/mol. The maximum atomic E-state index is 12.4. The molecule has 7 nitrogen and oxygen atoms in total. The molecule has 0 aliphatic carbocycles. The van der Waals surface area contributed by atoms with Gasteiger partial charge in [0, 0.05) is 12.8 Å². The Morgan fingerprint density at radius 2 is 1.83 bits per heavy atom. The second-order valence-electron chi connectivity index (χ2n) is 6.71. The van der Waals surface area contributed by atoms with Crippen LogP contribution in [-0.2, 0) is 36.8 Å². The molecule has 0 unspecified atom stereocenters.